The Bertz CT molecular complexity index is 379. The average Bonchev–Trinajstić information content (AvgIpc) is 2.36. The highest BCUT2D eigenvalue weighted by Gasteiger charge is 2.37. The minimum atomic E-state index is -0.514. The lowest BCUT2D eigenvalue weighted by atomic mass is 9.75. The number of ether oxygens (including phenoxy) is 1. The van der Waals surface area contributed by atoms with E-state index in [1.165, 1.54) is 0 Å². The molecule has 21 heavy (non-hydrogen) atoms. The van der Waals surface area contributed by atoms with Crippen molar-refractivity contribution in [2.45, 2.75) is 66.4 Å². The molecule has 1 saturated heterocycles. The zero-order chi connectivity index (χ0) is 16.3. The molecule has 0 saturated carbocycles. The van der Waals surface area contributed by atoms with Crippen molar-refractivity contribution in [3.63, 3.8) is 0 Å². The summed E-state index contributed by atoms with van der Waals surface area (Å²) in [6.45, 7) is 10.1. The van der Waals surface area contributed by atoms with Gasteiger partial charge in [-0.1, -0.05) is 34.6 Å². The number of aliphatic hydroxyl groups is 1. The van der Waals surface area contributed by atoms with Gasteiger partial charge in [-0.2, -0.15) is 0 Å². The monoisotopic (exact) mass is 298 g/mol. The van der Waals surface area contributed by atoms with E-state index in [-0.39, 0.29) is 42.0 Å². The molecule has 0 bridgehead atoms. The molecule has 1 aliphatic rings. The van der Waals surface area contributed by atoms with Crippen molar-refractivity contribution in [2.24, 2.45) is 16.7 Å². The molecule has 1 N–H and O–H groups in total. The van der Waals surface area contributed by atoms with Crippen LogP contribution in [-0.2, 0) is 14.3 Å². The van der Waals surface area contributed by atoms with Crippen molar-refractivity contribution in [3.05, 3.63) is 0 Å². The molecular weight excluding hydrogens is 268 g/mol. The van der Waals surface area contributed by atoms with Crippen LogP contribution in [0.2, 0.25) is 0 Å². The van der Waals surface area contributed by atoms with E-state index in [0.717, 1.165) is 6.42 Å². The Hall–Kier alpha value is -0.740. The van der Waals surface area contributed by atoms with Crippen LogP contribution in [0.25, 0.3) is 0 Å². The standard InChI is InChI=1S/C17H30O4/c1-16(2,3)15(20)12-7-9-21-13(10-12)11-17(4,5)14(19)6-8-18/h12-13,18H,6-11H2,1-5H3. The van der Waals surface area contributed by atoms with Crippen molar-refractivity contribution in [3.8, 4) is 0 Å². The lowest BCUT2D eigenvalue weighted by Gasteiger charge is -2.35. The van der Waals surface area contributed by atoms with Gasteiger partial charge < -0.3 is 9.84 Å². The van der Waals surface area contributed by atoms with Gasteiger partial charge in [0.15, 0.2) is 0 Å². The molecule has 2 unspecified atom stereocenters. The summed E-state index contributed by atoms with van der Waals surface area (Å²) in [6.07, 6.45) is 2.22. The quantitative estimate of drug-likeness (QED) is 0.819. The Morgan fingerprint density at radius 1 is 1.19 bits per heavy atom. The van der Waals surface area contributed by atoms with Gasteiger partial charge in [-0.25, -0.2) is 0 Å². The molecule has 0 aliphatic carbocycles. The SMILES string of the molecule is CC(C)(C)C(=O)C1CCOC(CC(C)(C)C(=O)CCO)C1. The highest BCUT2D eigenvalue weighted by atomic mass is 16.5. The van der Waals surface area contributed by atoms with Gasteiger partial charge in [0, 0.05) is 36.4 Å². The summed E-state index contributed by atoms with van der Waals surface area (Å²) in [4.78, 5) is 24.4. The van der Waals surface area contributed by atoms with Crippen LogP contribution in [0.15, 0.2) is 0 Å². The van der Waals surface area contributed by atoms with Gasteiger partial charge in [-0.05, 0) is 19.3 Å². The summed E-state index contributed by atoms with van der Waals surface area (Å²) in [5.41, 5.74) is -0.838. The predicted molar refractivity (Wildman–Crippen MR) is 82.0 cm³/mol. The minimum Gasteiger partial charge on any atom is -0.396 e. The number of carbonyl (C=O) groups is 2. The normalized spacial score (nSPS) is 23.9. The number of rotatable bonds is 6. The third-order valence-corrected chi connectivity index (χ3v) is 4.31. The van der Waals surface area contributed by atoms with Crippen molar-refractivity contribution < 1.29 is 19.4 Å². The molecule has 2 atom stereocenters. The van der Waals surface area contributed by atoms with Gasteiger partial charge in [0.2, 0.25) is 0 Å². The molecule has 0 radical (unpaired) electrons. The number of Topliss-reactive ketones (excluding diaryl/α,β-unsaturated/α-hetero) is 2. The van der Waals surface area contributed by atoms with Gasteiger partial charge >= 0.3 is 0 Å². The topological polar surface area (TPSA) is 63.6 Å². The molecule has 1 fully saturated rings. The second kappa shape index (κ2) is 7.01. The fourth-order valence-electron chi connectivity index (χ4n) is 3.00. The van der Waals surface area contributed by atoms with E-state index >= 15 is 0 Å². The Morgan fingerprint density at radius 2 is 1.81 bits per heavy atom. The van der Waals surface area contributed by atoms with Crippen LogP contribution < -0.4 is 0 Å². The van der Waals surface area contributed by atoms with Crippen molar-refractivity contribution >= 4 is 11.6 Å². The number of aliphatic hydroxyl groups excluding tert-OH is 1. The molecule has 1 heterocycles. The van der Waals surface area contributed by atoms with E-state index in [0.29, 0.717) is 19.4 Å². The van der Waals surface area contributed by atoms with Gasteiger partial charge in [-0.3, -0.25) is 9.59 Å². The molecule has 0 aromatic rings. The number of ketones is 2. The van der Waals surface area contributed by atoms with Gasteiger partial charge in [0.25, 0.3) is 0 Å². The maximum Gasteiger partial charge on any atom is 0.141 e. The molecule has 0 aromatic heterocycles. The maximum atomic E-state index is 12.4. The number of hydrogen-bond acceptors (Lipinski definition) is 4. The highest BCUT2D eigenvalue weighted by Crippen LogP contribution is 2.34. The summed E-state index contributed by atoms with van der Waals surface area (Å²) >= 11 is 0. The predicted octanol–water partition coefficient (Wildman–Crippen LogP) is 2.76. The summed E-state index contributed by atoms with van der Waals surface area (Å²) in [5.74, 6) is 0.376. The van der Waals surface area contributed by atoms with Crippen LogP contribution in [0.5, 0.6) is 0 Å². The molecule has 1 aliphatic heterocycles. The zero-order valence-corrected chi connectivity index (χ0v) is 14.1. The van der Waals surface area contributed by atoms with Crippen molar-refractivity contribution in [1.82, 2.24) is 0 Å². The second-order valence-corrected chi connectivity index (χ2v) is 7.81. The van der Waals surface area contributed by atoms with Crippen LogP contribution in [0.4, 0.5) is 0 Å². The van der Waals surface area contributed by atoms with E-state index in [1.807, 2.05) is 34.6 Å². The first kappa shape index (κ1) is 18.3. The summed E-state index contributed by atoms with van der Waals surface area (Å²) < 4.78 is 5.77. The first-order chi connectivity index (χ1) is 9.58. The lowest BCUT2D eigenvalue weighted by molar-refractivity contribution is -0.138. The Kier molecular flexibility index (Phi) is 6.11. The molecule has 4 heteroatoms. The van der Waals surface area contributed by atoms with E-state index in [2.05, 4.69) is 0 Å². The molecule has 0 spiro atoms. The molecular formula is C17H30O4. The van der Waals surface area contributed by atoms with Gasteiger partial charge in [0.1, 0.15) is 11.6 Å². The number of carbonyl (C=O) groups excluding carboxylic acids is 2. The van der Waals surface area contributed by atoms with Crippen molar-refractivity contribution in [2.75, 3.05) is 13.2 Å². The third kappa shape index (κ3) is 5.19. The van der Waals surface area contributed by atoms with Crippen LogP contribution >= 0.6 is 0 Å². The molecule has 1 rings (SSSR count). The average molecular weight is 298 g/mol. The van der Waals surface area contributed by atoms with Crippen LogP contribution in [0, 0.1) is 16.7 Å². The largest absolute Gasteiger partial charge is 0.396 e. The first-order valence-corrected chi connectivity index (χ1v) is 7.88. The molecule has 122 valence electrons. The van der Waals surface area contributed by atoms with Gasteiger partial charge in [0.05, 0.1) is 6.10 Å². The van der Waals surface area contributed by atoms with E-state index in [9.17, 15) is 9.59 Å². The van der Waals surface area contributed by atoms with Crippen LogP contribution in [0.1, 0.15) is 60.3 Å². The Balaban J connectivity index is 2.65. The number of hydrogen-bond donors (Lipinski definition) is 1. The summed E-state index contributed by atoms with van der Waals surface area (Å²) in [5, 5.41) is 8.91. The van der Waals surface area contributed by atoms with E-state index in [4.69, 9.17) is 9.84 Å². The summed E-state index contributed by atoms with van der Waals surface area (Å²) in [7, 11) is 0. The van der Waals surface area contributed by atoms with E-state index in [1.54, 1.807) is 0 Å². The maximum absolute atomic E-state index is 12.4. The lowest BCUT2D eigenvalue weighted by Crippen LogP contribution is -2.39. The Morgan fingerprint density at radius 3 is 2.33 bits per heavy atom. The fourth-order valence-corrected chi connectivity index (χ4v) is 3.00. The first-order valence-electron chi connectivity index (χ1n) is 7.88. The molecule has 4 nitrogen and oxygen atoms in total. The fraction of sp³-hybridized carbons (Fsp3) is 0.882. The molecule has 0 amide bonds. The van der Waals surface area contributed by atoms with Crippen molar-refractivity contribution in [1.29, 1.82) is 0 Å². The van der Waals surface area contributed by atoms with Crippen LogP contribution in [0.3, 0.4) is 0 Å². The third-order valence-electron chi connectivity index (χ3n) is 4.31. The van der Waals surface area contributed by atoms with Gasteiger partial charge in [-0.15, -0.1) is 0 Å². The van der Waals surface area contributed by atoms with Crippen LogP contribution in [-0.4, -0.2) is 36.0 Å². The highest BCUT2D eigenvalue weighted by molar-refractivity contribution is 5.86. The summed E-state index contributed by atoms with van der Waals surface area (Å²) in [6, 6.07) is 0. The smallest absolute Gasteiger partial charge is 0.141 e. The zero-order valence-electron chi connectivity index (χ0n) is 14.1. The minimum absolute atomic E-state index is 0.0347. The Labute approximate surface area is 128 Å². The molecule has 0 aromatic carbocycles. The van der Waals surface area contributed by atoms with E-state index < -0.39 is 5.41 Å². The second-order valence-electron chi connectivity index (χ2n) is 7.81.